The van der Waals surface area contributed by atoms with E-state index in [4.69, 9.17) is 0 Å². The average Bonchev–Trinajstić information content (AvgIpc) is 2.68. The molecule has 26 heavy (non-hydrogen) atoms. The highest BCUT2D eigenvalue weighted by Crippen LogP contribution is 2.28. The zero-order valence-corrected chi connectivity index (χ0v) is 16.2. The van der Waals surface area contributed by atoms with Crippen LogP contribution >= 0.6 is 0 Å². The van der Waals surface area contributed by atoms with Gasteiger partial charge in [-0.25, -0.2) is 0 Å². The molecule has 0 aliphatic heterocycles. The third-order valence-electron chi connectivity index (χ3n) is 5.11. The highest BCUT2D eigenvalue weighted by Gasteiger charge is 2.03. The van der Waals surface area contributed by atoms with Crippen LogP contribution in [-0.2, 0) is 12.8 Å². The lowest BCUT2D eigenvalue weighted by atomic mass is 9.96. The van der Waals surface area contributed by atoms with Gasteiger partial charge in [-0.05, 0) is 85.0 Å². The van der Waals surface area contributed by atoms with Crippen molar-refractivity contribution in [2.75, 3.05) is 0 Å². The van der Waals surface area contributed by atoms with E-state index in [1.54, 1.807) is 0 Å². The lowest BCUT2D eigenvalue weighted by Crippen LogP contribution is -1.88. The van der Waals surface area contributed by atoms with Gasteiger partial charge in [-0.2, -0.15) is 0 Å². The average molecular weight is 343 g/mol. The summed E-state index contributed by atoms with van der Waals surface area (Å²) < 4.78 is 0. The van der Waals surface area contributed by atoms with E-state index in [0.29, 0.717) is 0 Å². The Kier molecular flexibility index (Phi) is 6.66. The standard InChI is InChI=1S/C26H30/c1-3-5-7-9-11-21-13-17-25-23(19-21)15-16-24-20-22(14-18-26(24)25)12-10-8-6-4-2/h3-6,13-20H,7-12H2,1-2H3/b5-3+,6-4+. The fourth-order valence-corrected chi connectivity index (χ4v) is 3.66. The molecule has 0 heterocycles. The molecule has 0 N–H and O–H groups in total. The number of unbranched alkanes of at least 4 members (excludes halogenated alkanes) is 2. The molecule has 0 saturated heterocycles. The first-order chi connectivity index (χ1) is 12.8. The smallest absolute Gasteiger partial charge is 0.0105 e. The molecule has 0 radical (unpaired) electrons. The van der Waals surface area contributed by atoms with Crippen LogP contribution in [0.2, 0.25) is 0 Å². The fraction of sp³-hybridized carbons (Fsp3) is 0.308. The summed E-state index contributed by atoms with van der Waals surface area (Å²) in [5.74, 6) is 0. The van der Waals surface area contributed by atoms with Crippen LogP contribution in [0.1, 0.15) is 50.7 Å². The maximum Gasteiger partial charge on any atom is -0.0105 e. The first kappa shape index (κ1) is 18.5. The van der Waals surface area contributed by atoms with Crippen molar-refractivity contribution in [3.05, 3.63) is 84.0 Å². The van der Waals surface area contributed by atoms with Gasteiger partial charge in [-0.1, -0.05) is 72.8 Å². The van der Waals surface area contributed by atoms with Crippen molar-refractivity contribution in [1.29, 1.82) is 0 Å². The van der Waals surface area contributed by atoms with E-state index in [-0.39, 0.29) is 0 Å². The molecule has 0 heteroatoms. The lowest BCUT2D eigenvalue weighted by Gasteiger charge is -2.08. The molecule has 0 bridgehead atoms. The third-order valence-corrected chi connectivity index (χ3v) is 5.11. The van der Waals surface area contributed by atoms with Crippen LogP contribution in [0.4, 0.5) is 0 Å². The van der Waals surface area contributed by atoms with Gasteiger partial charge in [-0.15, -0.1) is 0 Å². The van der Waals surface area contributed by atoms with Crippen LogP contribution in [0.3, 0.4) is 0 Å². The predicted molar refractivity (Wildman–Crippen MR) is 117 cm³/mol. The highest BCUT2D eigenvalue weighted by molar-refractivity contribution is 6.07. The number of hydrogen-bond acceptors (Lipinski definition) is 0. The van der Waals surface area contributed by atoms with Crippen molar-refractivity contribution < 1.29 is 0 Å². The summed E-state index contributed by atoms with van der Waals surface area (Å²) in [4.78, 5) is 0. The molecule has 0 fully saturated rings. The second kappa shape index (κ2) is 9.38. The Hall–Kier alpha value is -2.34. The van der Waals surface area contributed by atoms with Gasteiger partial charge in [0.1, 0.15) is 0 Å². The van der Waals surface area contributed by atoms with E-state index in [1.165, 1.54) is 58.4 Å². The van der Waals surface area contributed by atoms with Gasteiger partial charge in [0.2, 0.25) is 0 Å². The Labute approximate surface area is 158 Å². The van der Waals surface area contributed by atoms with Crippen molar-refractivity contribution in [3.63, 3.8) is 0 Å². The van der Waals surface area contributed by atoms with Crippen LogP contribution in [0.15, 0.2) is 72.8 Å². The number of hydrogen-bond donors (Lipinski definition) is 0. The molecule has 0 aromatic heterocycles. The van der Waals surface area contributed by atoms with E-state index >= 15 is 0 Å². The fourth-order valence-electron chi connectivity index (χ4n) is 3.66. The molecular formula is C26H30. The zero-order valence-electron chi connectivity index (χ0n) is 16.2. The largest absolute Gasteiger partial charge is 0.0917 e. The Morgan fingerprint density at radius 2 is 1.08 bits per heavy atom. The van der Waals surface area contributed by atoms with Gasteiger partial charge in [-0.3, -0.25) is 0 Å². The molecular weight excluding hydrogens is 312 g/mol. The molecule has 3 rings (SSSR count). The Bertz CT molecular complexity index is 835. The van der Waals surface area contributed by atoms with Crippen molar-refractivity contribution in [2.45, 2.75) is 52.4 Å². The van der Waals surface area contributed by atoms with Gasteiger partial charge in [0.25, 0.3) is 0 Å². The molecule has 0 nitrogen and oxygen atoms in total. The van der Waals surface area contributed by atoms with E-state index < -0.39 is 0 Å². The van der Waals surface area contributed by atoms with Crippen molar-refractivity contribution in [3.8, 4) is 0 Å². The summed E-state index contributed by atoms with van der Waals surface area (Å²) >= 11 is 0. The van der Waals surface area contributed by atoms with Crippen LogP contribution < -0.4 is 0 Å². The molecule has 0 aliphatic carbocycles. The number of aryl methyl sites for hydroxylation is 2. The first-order valence-corrected chi connectivity index (χ1v) is 9.98. The van der Waals surface area contributed by atoms with E-state index in [0.717, 1.165) is 12.8 Å². The van der Waals surface area contributed by atoms with Gasteiger partial charge in [0.05, 0.1) is 0 Å². The number of allylic oxidation sites excluding steroid dienone is 4. The predicted octanol–water partition coefficient (Wildman–Crippen LogP) is 7.79. The van der Waals surface area contributed by atoms with Crippen LogP contribution in [0.5, 0.6) is 0 Å². The van der Waals surface area contributed by atoms with E-state index in [9.17, 15) is 0 Å². The second-order valence-corrected chi connectivity index (χ2v) is 7.10. The molecule has 0 aliphatic rings. The van der Waals surface area contributed by atoms with Gasteiger partial charge in [0.15, 0.2) is 0 Å². The maximum absolute atomic E-state index is 2.37. The minimum atomic E-state index is 1.16. The number of benzene rings is 3. The Balaban J connectivity index is 1.79. The second-order valence-electron chi connectivity index (χ2n) is 7.10. The molecule has 0 spiro atoms. The summed E-state index contributed by atoms with van der Waals surface area (Å²) in [5.41, 5.74) is 2.89. The molecule has 0 unspecified atom stereocenters. The minimum absolute atomic E-state index is 1.16. The zero-order chi connectivity index (χ0) is 18.2. The normalized spacial score (nSPS) is 12.1. The highest BCUT2D eigenvalue weighted by atomic mass is 14.1. The first-order valence-electron chi connectivity index (χ1n) is 9.98. The SMILES string of the molecule is C/C=C/CCCc1ccc2c(ccc3cc(CCC/C=C/C)ccc32)c1. The molecule has 3 aromatic rings. The number of rotatable bonds is 8. The van der Waals surface area contributed by atoms with Crippen LogP contribution in [0, 0.1) is 0 Å². The van der Waals surface area contributed by atoms with E-state index in [1.807, 2.05) is 0 Å². The summed E-state index contributed by atoms with van der Waals surface area (Å²) in [7, 11) is 0. The van der Waals surface area contributed by atoms with Gasteiger partial charge >= 0.3 is 0 Å². The summed E-state index contributed by atoms with van der Waals surface area (Å²) in [6, 6.07) is 18.6. The maximum atomic E-state index is 2.37. The summed E-state index contributed by atoms with van der Waals surface area (Å²) in [6.07, 6.45) is 15.9. The molecule has 0 amide bonds. The molecule has 134 valence electrons. The van der Waals surface area contributed by atoms with Gasteiger partial charge in [0, 0.05) is 0 Å². The number of fused-ring (bicyclic) bond motifs is 3. The minimum Gasteiger partial charge on any atom is -0.0917 e. The summed E-state index contributed by atoms with van der Waals surface area (Å²) in [5, 5.41) is 5.48. The molecule has 3 aromatic carbocycles. The molecule has 0 atom stereocenters. The van der Waals surface area contributed by atoms with Crippen LogP contribution in [-0.4, -0.2) is 0 Å². The monoisotopic (exact) mass is 342 g/mol. The third kappa shape index (κ3) is 4.64. The quantitative estimate of drug-likeness (QED) is 0.223. The molecule has 0 saturated carbocycles. The lowest BCUT2D eigenvalue weighted by molar-refractivity contribution is 0.843. The van der Waals surface area contributed by atoms with Gasteiger partial charge < -0.3 is 0 Å². The van der Waals surface area contributed by atoms with Crippen LogP contribution in [0.25, 0.3) is 21.5 Å². The van der Waals surface area contributed by atoms with Crippen molar-refractivity contribution in [1.82, 2.24) is 0 Å². The summed E-state index contributed by atoms with van der Waals surface area (Å²) in [6.45, 7) is 4.18. The van der Waals surface area contributed by atoms with Crippen molar-refractivity contribution >= 4 is 21.5 Å². The van der Waals surface area contributed by atoms with E-state index in [2.05, 4.69) is 86.7 Å². The Morgan fingerprint density at radius 3 is 1.50 bits per heavy atom. The van der Waals surface area contributed by atoms with Crippen molar-refractivity contribution in [2.24, 2.45) is 0 Å². The Morgan fingerprint density at radius 1 is 0.615 bits per heavy atom. The topological polar surface area (TPSA) is 0 Å².